The maximum Gasteiger partial charge on any atom is 0.262 e. The van der Waals surface area contributed by atoms with Gasteiger partial charge in [0.1, 0.15) is 36.1 Å². The van der Waals surface area contributed by atoms with Crippen LogP contribution < -0.4 is 25.4 Å². The molecule has 5 N–H and O–H groups in total. The molecular weight excluding hydrogens is 646 g/mol. The van der Waals surface area contributed by atoms with E-state index in [4.69, 9.17) is 4.74 Å². The first-order valence-electron chi connectivity index (χ1n) is 15.6. The van der Waals surface area contributed by atoms with Crippen LogP contribution in [0.1, 0.15) is 49.9 Å². The molecule has 0 bridgehead atoms. The summed E-state index contributed by atoms with van der Waals surface area (Å²) in [7, 11) is -4.22. The number of benzene rings is 3. The van der Waals surface area contributed by atoms with Gasteiger partial charge in [-0.2, -0.15) is 9.98 Å². The Morgan fingerprint density at radius 2 is 1.57 bits per heavy atom. The first-order chi connectivity index (χ1) is 23.0. The van der Waals surface area contributed by atoms with Crippen molar-refractivity contribution in [3.63, 3.8) is 0 Å². The van der Waals surface area contributed by atoms with Crippen molar-refractivity contribution in [2.75, 3.05) is 6.61 Å². The SMILES string of the molecule is Cc1ccc(CNC(=O)C(COc2cccc(C=C(C#N)C(=O)NC(C)(C)C)c2)NC(=O)C(NS(=O)(=O)c2ccc(C)cc2)C(C)O)cc1. The Bertz CT molecular complexity index is 1810. The minimum atomic E-state index is -4.22. The third-order valence-corrected chi connectivity index (χ3v) is 8.49. The van der Waals surface area contributed by atoms with Gasteiger partial charge in [-0.25, -0.2) is 8.42 Å². The molecule has 49 heavy (non-hydrogen) atoms. The molecule has 0 saturated heterocycles. The first-order valence-corrected chi connectivity index (χ1v) is 17.0. The summed E-state index contributed by atoms with van der Waals surface area (Å²) in [6.07, 6.45) is -0.0693. The lowest BCUT2D eigenvalue weighted by atomic mass is 10.1. The summed E-state index contributed by atoms with van der Waals surface area (Å²) in [6.45, 7) is 10.1. The average molecular weight is 690 g/mol. The predicted molar refractivity (Wildman–Crippen MR) is 185 cm³/mol. The second-order valence-corrected chi connectivity index (χ2v) is 14.4. The van der Waals surface area contributed by atoms with Gasteiger partial charge in [0.25, 0.3) is 5.91 Å². The number of nitrogens with one attached hydrogen (secondary N) is 4. The smallest absolute Gasteiger partial charge is 0.262 e. The van der Waals surface area contributed by atoms with E-state index in [9.17, 15) is 33.2 Å². The molecule has 3 atom stereocenters. The molecule has 13 heteroatoms. The van der Waals surface area contributed by atoms with Gasteiger partial charge in [0.2, 0.25) is 21.8 Å². The summed E-state index contributed by atoms with van der Waals surface area (Å²) < 4.78 is 34.2. The van der Waals surface area contributed by atoms with Gasteiger partial charge in [0.05, 0.1) is 11.0 Å². The molecule has 3 unspecified atom stereocenters. The number of hydrogen-bond donors (Lipinski definition) is 5. The molecule has 3 amide bonds. The number of hydrogen-bond acceptors (Lipinski definition) is 8. The maximum atomic E-state index is 13.4. The Morgan fingerprint density at radius 3 is 2.14 bits per heavy atom. The molecule has 0 aliphatic carbocycles. The number of nitriles is 1. The van der Waals surface area contributed by atoms with Crippen LogP contribution in [0.25, 0.3) is 6.08 Å². The summed E-state index contributed by atoms with van der Waals surface area (Å²) in [5.41, 5.74) is 2.49. The Labute approximate surface area is 287 Å². The molecule has 0 fully saturated rings. The molecule has 0 heterocycles. The van der Waals surface area contributed by atoms with Gasteiger partial charge < -0.3 is 25.8 Å². The molecule has 0 spiro atoms. The zero-order valence-corrected chi connectivity index (χ0v) is 29.2. The van der Waals surface area contributed by atoms with Gasteiger partial charge >= 0.3 is 0 Å². The van der Waals surface area contributed by atoms with Gasteiger partial charge in [0.15, 0.2) is 0 Å². The van der Waals surface area contributed by atoms with E-state index in [1.54, 1.807) is 64.1 Å². The van der Waals surface area contributed by atoms with Crippen molar-refractivity contribution in [1.82, 2.24) is 20.7 Å². The van der Waals surface area contributed by atoms with Gasteiger partial charge in [-0.1, -0.05) is 59.7 Å². The molecular formula is C36H43N5O7S. The minimum Gasteiger partial charge on any atom is -0.491 e. The Morgan fingerprint density at radius 1 is 0.959 bits per heavy atom. The Balaban J connectivity index is 1.83. The van der Waals surface area contributed by atoms with E-state index in [0.717, 1.165) is 16.7 Å². The highest BCUT2D eigenvalue weighted by atomic mass is 32.2. The number of carbonyl (C=O) groups is 3. The molecule has 3 aromatic rings. The molecule has 260 valence electrons. The number of nitrogens with zero attached hydrogens (tertiary/aromatic N) is 1. The van der Waals surface area contributed by atoms with Gasteiger partial charge in [0, 0.05) is 12.1 Å². The van der Waals surface area contributed by atoms with E-state index in [2.05, 4.69) is 20.7 Å². The molecule has 0 aliphatic heterocycles. The molecule has 0 aliphatic rings. The van der Waals surface area contributed by atoms with Crippen molar-refractivity contribution in [2.45, 2.75) is 76.7 Å². The maximum absolute atomic E-state index is 13.4. The topological polar surface area (TPSA) is 187 Å². The highest BCUT2D eigenvalue weighted by Crippen LogP contribution is 2.17. The summed E-state index contributed by atoms with van der Waals surface area (Å²) >= 11 is 0. The van der Waals surface area contributed by atoms with E-state index in [-0.39, 0.29) is 29.4 Å². The van der Waals surface area contributed by atoms with Crippen LogP contribution in [0, 0.1) is 25.2 Å². The van der Waals surface area contributed by atoms with E-state index in [1.165, 1.54) is 25.1 Å². The molecule has 3 rings (SSSR count). The van der Waals surface area contributed by atoms with Gasteiger partial charge in [-0.15, -0.1) is 0 Å². The zero-order chi connectivity index (χ0) is 36.4. The highest BCUT2D eigenvalue weighted by Gasteiger charge is 2.33. The lowest BCUT2D eigenvalue weighted by Crippen LogP contribution is -2.58. The van der Waals surface area contributed by atoms with Gasteiger partial charge in [-0.05, 0) is 83.0 Å². The molecule has 0 saturated carbocycles. The zero-order valence-electron chi connectivity index (χ0n) is 28.4. The van der Waals surface area contributed by atoms with E-state index in [0.29, 0.717) is 5.56 Å². The monoisotopic (exact) mass is 689 g/mol. The van der Waals surface area contributed by atoms with E-state index in [1.807, 2.05) is 37.3 Å². The third-order valence-electron chi connectivity index (χ3n) is 7.04. The van der Waals surface area contributed by atoms with Crippen LogP contribution in [0.5, 0.6) is 5.75 Å². The first kappa shape index (κ1) is 38.4. The fourth-order valence-electron chi connectivity index (χ4n) is 4.38. The number of rotatable bonds is 14. The van der Waals surface area contributed by atoms with Crippen molar-refractivity contribution in [2.24, 2.45) is 0 Å². The fourth-order valence-corrected chi connectivity index (χ4v) is 5.65. The third kappa shape index (κ3) is 12.2. The second-order valence-electron chi connectivity index (χ2n) is 12.7. The number of amides is 3. The molecule has 0 aromatic heterocycles. The van der Waals surface area contributed by atoms with Gasteiger partial charge in [-0.3, -0.25) is 14.4 Å². The van der Waals surface area contributed by atoms with Crippen molar-refractivity contribution in [3.8, 4) is 11.8 Å². The van der Waals surface area contributed by atoms with Crippen LogP contribution in [0.2, 0.25) is 0 Å². The normalized spacial score (nSPS) is 13.7. The number of carbonyl (C=O) groups excluding carboxylic acids is 3. The van der Waals surface area contributed by atoms with Crippen LogP contribution in [-0.4, -0.2) is 61.6 Å². The Kier molecular flexibility index (Phi) is 13.2. The predicted octanol–water partition coefficient (Wildman–Crippen LogP) is 3.03. The highest BCUT2D eigenvalue weighted by molar-refractivity contribution is 7.89. The van der Waals surface area contributed by atoms with Crippen LogP contribution in [0.4, 0.5) is 0 Å². The minimum absolute atomic E-state index is 0.100. The lowest BCUT2D eigenvalue weighted by Gasteiger charge is -2.25. The molecule has 3 aromatic carbocycles. The van der Waals surface area contributed by atoms with Crippen molar-refractivity contribution in [1.29, 1.82) is 5.26 Å². The number of sulfonamides is 1. The summed E-state index contributed by atoms with van der Waals surface area (Å²) in [5, 5.41) is 28.0. The summed E-state index contributed by atoms with van der Waals surface area (Å²) in [4.78, 5) is 39.3. The molecule has 0 radical (unpaired) electrons. The van der Waals surface area contributed by atoms with Crippen LogP contribution in [0.3, 0.4) is 0 Å². The van der Waals surface area contributed by atoms with Crippen LogP contribution in [-0.2, 0) is 31.0 Å². The lowest BCUT2D eigenvalue weighted by molar-refractivity contribution is -0.131. The number of ether oxygens (including phenoxy) is 1. The standard InChI is InChI=1S/C36H43N5O7S/c1-23-10-14-26(15-11-23)21-38-34(44)31(39-35(45)32(25(3)42)41-49(46,47)30-16-12-24(2)13-17-30)22-48-29-9-7-8-27(19-29)18-28(20-37)33(43)40-36(4,5)6/h7-19,25,31-32,41-42H,21-22H2,1-6H3,(H,38,44)(H,39,45)(H,40,43). The van der Waals surface area contributed by atoms with E-state index < -0.39 is 51.5 Å². The number of aliphatic hydroxyl groups excluding tert-OH is 1. The summed E-state index contributed by atoms with van der Waals surface area (Å²) in [5.74, 6) is -1.86. The van der Waals surface area contributed by atoms with Crippen molar-refractivity contribution >= 4 is 33.8 Å². The largest absolute Gasteiger partial charge is 0.491 e. The fraction of sp³-hybridized carbons (Fsp3) is 0.333. The average Bonchev–Trinajstić information content (AvgIpc) is 3.03. The quantitative estimate of drug-likeness (QED) is 0.126. The van der Waals surface area contributed by atoms with Crippen molar-refractivity contribution < 1.29 is 32.6 Å². The van der Waals surface area contributed by atoms with E-state index >= 15 is 0 Å². The second kappa shape index (κ2) is 16.9. The summed E-state index contributed by atoms with van der Waals surface area (Å²) in [6, 6.07) is 18.8. The van der Waals surface area contributed by atoms with Crippen molar-refractivity contribution in [3.05, 3.63) is 101 Å². The van der Waals surface area contributed by atoms with Crippen LogP contribution >= 0.6 is 0 Å². The number of aliphatic hydroxyl groups is 1. The number of aryl methyl sites for hydroxylation is 2. The van der Waals surface area contributed by atoms with Crippen LogP contribution in [0.15, 0.2) is 83.3 Å². The molecule has 12 nitrogen and oxygen atoms in total. The Hall–Kier alpha value is -5.03.